The van der Waals surface area contributed by atoms with Gasteiger partial charge in [0.05, 0.1) is 38.1 Å². The number of imide groups is 1. The van der Waals surface area contributed by atoms with Crippen LogP contribution >= 0.6 is 0 Å². The van der Waals surface area contributed by atoms with Crippen molar-refractivity contribution in [3.05, 3.63) is 0 Å². The molecule has 11 nitrogen and oxygen atoms in total. The predicted molar refractivity (Wildman–Crippen MR) is 103 cm³/mol. The van der Waals surface area contributed by atoms with E-state index in [1.165, 1.54) is 4.90 Å². The molecule has 0 spiro atoms. The number of carbonyl (C=O) groups is 2. The van der Waals surface area contributed by atoms with E-state index in [9.17, 15) is 24.9 Å². The van der Waals surface area contributed by atoms with Gasteiger partial charge in [-0.1, -0.05) is 6.92 Å². The molecule has 4 unspecified atom stereocenters. The molecule has 0 aromatic heterocycles. The minimum absolute atomic E-state index is 0.0740. The molecule has 29 heavy (non-hydrogen) atoms. The van der Waals surface area contributed by atoms with Crippen molar-refractivity contribution < 1.29 is 40.2 Å². The molecule has 0 saturated carbocycles. The molecule has 1 heterocycles. The summed E-state index contributed by atoms with van der Waals surface area (Å²) >= 11 is 0. The van der Waals surface area contributed by atoms with E-state index >= 15 is 0 Å². The van der Waals surface area contributed by atoms with Gasteiger partial charge in [0, 0.05) is 58.2 Å². The fraction of sp³-hybridized carbons (Fsp3) is 0.889. The summed E-state index contributed by atoms with van der Waals surface area (Å²) in [6, 6.07) is 0. The highest BCUT2D eigenvalue weighted by atomic mass is 16.3. The monoisotopic (exact) mass is 421 g/mol. The minimum Gasteiger partial charge on any atom is -0.394 e. The van der Waals surface area contributed by atoms with Gasteiger partial charge in [-0.05, 0) is 0 Å². The van der Waals surface area contributed by atoms with Crippen molar-refractivity contribution in [2.75, 3.05) is 65.6 Å². The molecule has 1 fully saturated rings. The van der Waals surface area contributed by atoms with E-state index in [1.54, 1.807) is 16.7 Å². The Morgan fingerprint density at radius 2 is 1.31 bits per heavy atom. The Morgan fingerprint density at radius 1 is 0.862 bits per heavy atom. The van der Waals surface area contributed by atoms with Crippen LogP contribution in [0.4, 0.5) is 0 Å². The van der Waals surface area contributed by atoms with Gasteiger partial charge in [0.2, 0.25) is 11.8 Å². The van der Waals surface area contributed by atoms with Gasteiger partial charge in [-0.25, -0.2) is 0 Å². The summed E-state index contributed by atoms with van der Waals surface area (Å²) < 4.78 is 0. The van der Waals surface area contributed by atoms with Gasteiger partial charge >= 0.3 is 0 Å². The molecule has 0 bridgehead atoms. The standard InChI is InChI=1S/C18H35N3O8/c1-13-6-17(28)21(18(13)29)5-4-19(7-14(25)10-22)2-3-20(8-15(26)11-23)9-16(27)12-24/h13-16,22-27H,2-12H2,1H3. The third kappa shape index (κ3) is 9.01. The lowest BCUT2D eigenvalue weighted by atomic mass is 10.1. The number of aliphatic hydroxyl groups is 6. The lowest BCUT2D eigenvalue weighted by Gasteiger charge is -2.31. The quantitative estimate of drug-likeness (QED) is 0.144. The Balaban J connectivity index is 2.69. The topological polar surface area (TPSA) is 165 Å². The summed E-state index contributed by atoms with van der Waals surface area (Å²) in [6.07, 6.45) is -2.85. The first kappa shape index (κ1) is 25.9. The summed E-state index contributed by atoms with van der Waals surface area (Å²) in [5.41, 5.74) is 0. The normalized spacial score (nSPS) is 20.7. The van der Waals surface area contributed by atoms with E-state index in [0.29, 0.717) is 19.6 Å². The van der Waals surface area contributed by atoms with Crippen LogP contribution in [0.5, 0.6) is 0 Å². The number of aliphatic hydroxyl groups excluding tert-OH is 6. The van der Waals surface area contributed by atoms with E-state index in [4.69, 9.17) is 15.3 Å². The van der Waals surface area contributed by atoms with Crippen LogP contribution in [-0.4, -0.2) is 141 Å². The Hall–Kier alpha value is -1.18. The molecule has 1 rings (SSSR count). The minimum atomic E-state index is -1.02. The molecule has 0 aliphatic carbocycles. The number of hydrogen-bond acceptors (Lipinski definition) is 10. The zero-order chi connectivity index (χ0) is 22.0. The molecule has 1 saturated heterocycles. The second-order valence-corrected chi connectivity index (χ2v) is 7.56. The number of rotatable bonds is 15. The van der Waals surface area contributed by atoms with Crippen LogP contribution < -0.4 is 0 Å². The van der Waals surface area contributed by atoms with Crippen molar-refractivity contribution in [3.8, 4) is 0 Å². The summed E-state index contributed by atoms with van der Waals surface area (Å²) in [4.78, 5) is 28.6. The van der Waals surface area contributed by atoms with Gasteiger partial charge in [0.1, 0.15) is 0 Å². The molecule has 2 amide bonds. The molecule has 1 aliphatic rings. The zero-order valence-corrected chi connectivity index (χ0v) is 16.9. The fourth-order valence-corrected chi connectivity index (χ4v) is 3.23. The first-order chi connectivity index (χ1) is 13.7. The maximum Gasteiger partial charge on any atom is 0.232 e. The fourth-order valence-electron chi connectivity index (χ4n) is 3.23. The van der Waals surface area contributed by atoms with E-state index in [1.807, 2.05) is 0 Å². The Morgan fingerprint density at radius 3 is 1.72 bits per heavy atom. The largest absolute Gasteiger partial charge is 0.394 e. The number of hydrogen-bond donors (Lipinski definition) is 6. The van der Waals surface area contributed by atoms with Gasteiger partial charge in [-0.3, -0.25) is 24.3 Å². The Kier molecular flexibility index (Phi) is 11.8. The smallest absolute Gasteiger partial charge is 0.232 e. The molecule has 1 aliphatic heterocycles. The van der Waals surface area contributed by atoms with Gasteiger partial charge < -0.3 is 30.6 Å². The maximum atomic E-state index is 12.1. The number of nitrogens with zero attached hydrogens (tertiary/aromatic N) is 3. The number of amides is 2. The molecular formula is C18H35N3O8. The highest BCUT2D eigenvalue weighted by Gasteiger charge is 2.35. The second-order valence-electron chi connectivity index (χ2n) is 7.56. The summed E-state index contributed by atoms with van der Waals surface area (Å²) in [5, 5.41) is 56.4. The van der Waals surface area contributed by atoms with Crippen LogP contribution in [0.25, 0.3) is 0 Å². The number of carbonyl (C=O) groups excluding carboxylic acids is 2. The molecule has 6 N–H and O–H groups in total. The second kappa shape index (κ2) is 13.2. The molecule has 11 heteroatoms. The van der Waals surface area contributed by atoms with Crippen molar-refractivity contribution >= 4 is 11.8 Å². The third-order valence-electron chi connectivity index (χ3n) is 4.88. The van der Waals surface area contributed by atoms with Crippen LogP contribution in [-0.2, 0) is 9.59 Å². The lowest BCUT2D eigenvalue weighted by Crippen LogP contribution is -2.47. The van der Waals surface area contributed by atoms with Crippen molar-refractivity contribution in [1.29, 1.82) is 0 Å². The average molecular weight is 421 g/mol. The lowest BCUT2D eigenvalue weighted by molar-refractivity contribution is -0.139. The SMILES string of the molecule is CC1CC(=O)N(CCN(CCN(CC(O)CO)CC(O)CO)CC(O)CO)C1=O. The van der Waals surface area contributed by atoms with Crippen molar-refractivity contribution in [2.24, 2.45) is 5.92 Å². The predicted octanol–water partition coefficient (Wildman–Crippen LogP) is -3.95. The Labute approximate surface area is 170 Å². The average Bonchev–Trinajstić information content (AvgIpc) is 2.94. The molecule has 4 atom stereocenters. The molecule has 0 aromatic rings. The summed E-state index contributed by atoms with van der Waals surface area (Å²) in [5.74, 6) is -0.797. The highest BCUT2D eigenvalue weighted by Crippen LogP contribution is 2.18. The molecule has 0 radical (unpaired) electrons. The van der Waals surface area contributed by atoms with Gasteiger partial charge in [-0.15, -0.1) is 0 Å². The van der Waals surface area contributed by atoms with Gasteiger partial charge in [0.15, 0.2) is 0 Å². The van der Waals surface area contributed by atoms with Crippen molar-refractivity contribution in [1.82, 2.24) is 14.7 Å². The highest BCUT2D eigenvalue weighted by molar-refractivity contribution is 6.03. The van der Waals surface area contributed by atoms with E-state index < -0.39 is 38.1 Å². The van der Waals surface area contributed by atoms with Crippen LogP contribution in [0.2, 0.25) is 0 Å². The van der Waals surface area contributed by atoms with Crippen LogP contribution in [0.15, 0.2) is 0 Å². The first-order valence-electron chi connectivity index (χ1n) is 9.87. The summed E-state index contributed by atoms with van der Waals surface area (Å²) in [7, 11) is 0. The third-order valence-corrected chi connectivity index (χ3v) is 4.88. The van der Waals surface area contributed by atoms with E-state index in [-0.39, 0.29) is 50.3 Å². The Bertz CT molecular complexity index is 497. The van der Waals surface area contributed by atoms with Crippen molar-refractivity contribution in [3.63, 3.8) is 0 Å². The van der Waals surface area contributed by atoms with E-state index in [0.717, 1.165) is 0 Å². The van der Waals surface area contributed by atoms with Crippen LogP contribution in [0, 0.1) is 5.92 Å². The van der Waals surface area contributed by atoms with Crippen LogP contribution in [0.1, 0.15) is 13.3 Å². The van der Waals surface area contributed by atoms with Crippen molar-refractivity contribution in [2.45, 2.75) is 31.7 Å². The summed E-state index contributed by atoms with van der Waals surface area (Å²) in [6.45, 7) is 1.75. The molecule has 0 aromatic carbocycles. The molecular weight excluding hydrogens is 386 g/mol. The zero-order valence-electron chi connectivity index (χ0n) is 16.9. The maximum absolute atomic E-state index is 12.1. The van der Waals surface area contributed by atoms with Gasteiger partial charge in [-0.2, -0.15) is 0 Å². The number of likely N-dealkylation sites (tertiary alicyclic amines) is 1. The van der Waals surface area contributed by atoms with E-state index in [2.05, 4.69) is 0 Å². The first-order valence-corrected chi connectivity index (χ1v) is 9.87. The van der Waals surface area contributed by atoms with Gasteiger partial charge in [0.25, 0.3) is 0 Å². The van der Waals surface area contributed by atoms with Crippen LogP contribution in [0.3, 0.4) is 0 Å². The molecule has 170 valence electrons.